The Morgan fingerprint density at radius 3 is 2.67 bits per heavy atom. The molecule has 2 aromatic rings. The number of rotatable bonds is 5. The van der Waals surface area contributed by atoms with E-state index < -0.39 is 0 Å². The van der Waals surface area contributed by atoms with Gasteiger partial charge in [0, 0.05) is 23.2 Å². The minimum Gasteiger partial charge on any atom is -0.455 e. The number of aryl methyl sites for hydroxylation is 1. The van der Waals surface area contributed by atoms with Gasteiger partial charge in [0.15, 0.2) is 0 Å². The second-order valence-corrected chi connectivity index (χ2v) is 6.22. The summed E-state index contributed by atoms with van der Waals surface area (Å²) >= 11 is 12.5. The van der Waals surface area contributed by atoms with Crippen LogP contribution in [0.3, 0.4) is 0 Å². The summed E-state index contributed by atoms with van der Waals surface area (Å²) in [7, 11) is 0. The Hall–Kier alpha value is -1.22. The highest BCUT2D eigenvalue weighted by molar-refractivity contribution is 6.32. The summed E-state index contributed by atoms with van der Waals surface area (Å²) in [6, 6.07) is 12.1. The Morgan fingerprint density at radius 2 is 1.90 bits per heavy atom. The molecular formula is C17H17Cl2NO. The van der Waals surface area contributed by atoms with Gasteiger partial charge in [-0.3, -0.25) is 0 Å². The molecule has 0 amide bonds. The Morgan fingerprint density at radius 1 is 1.10 bits per heavy atom. The van der Waals surface area contributed by atoms with Crippen molar-refractivity contribution in [3.63, 3.8) is 0 Å². The molecule has 0 atom stereocenters. The van der Waals surface area contributed by atoms with Gasteiger partial charge in [0.05, 0.1) is 5.02 Å². The van der Waals surface area contributed by atoms with Crippen LogP contribution in [-0.4, -0.2) is 6.04 Å². The van der Waals surface area contributed by atoms with E-state index in [1.165, 1.54) is 12.8 Å². The van der Waals surface area contributed by atoms with Crippen molar-refractivity contribution in [3.8, 4) is 11.5 Å². The maximum absolute atomic E-state index is 6.32. The monoisotopic (exact) mass is 321 g/mol. The van der Waals surface area contributed by atoms with E-state index in [0.29, 0.717) is 28.4 Å². The van der Waals surface area contributed by atoms with Crippen LogP contribution in [-0.2, 0) is 6.54 Å². The van der Waals surface area contributed by atoms with E-state index in [-0.39, 0.29) is 0 Å². The van der Waals surface area contributed by atoms with Gasteiger partial charge >= 0.3 is 0 Å². The topological polar surface area (TPSA) is 21.3 Å². The van der Waals surface area contributed by atoms with E-state index in [1.807, 2.05) is 43.3 Å². The number of benzene rings is 2. The average Bonchev–Trinajstić information content (AvgIpc) is 3.26. The number of ether oxygens (including phenoxy) is 1. The summed E-state index contributed by atoms with van der Waals surface area (Å²) in [4.78, 5) is 0. The molecule has 2 nitrogen and oxygen atoms in total. The molecule has 0 saturated heterocycles. The summed E-state index contributed by atoms with van der Waals surface area (Å²) in [6.07, 6.45) is 2.48. The van der Waals surface area contributed by atoms with Crippen LogP contribution in [0, 0.1) is 6.92 Å². The van der Waals surface area contributed by atoms with E-state index in [0.717, 1.165) is 16.9 Å². The normalized spacial score (nSPS) is 14.2. The highest BCUT2D eigenvalue weighted by atomic mass is 35.5. The third-order valence-corrected chi connectivity index (χ3v) is 4.19. The molecule has 21 heavy (non-hydrogen) atoms. The van der Waals surface area contributed by atoms with Crippen molar-refractivity contribution in [2.75, 3.05) is 0 Å². The predicted octanol–water partition coefficient (Wildman–Crippen LogP) is 5.35. The number of halogens is 2. The molecule has 1 aliphatic rings. The van der Waals surface area contributed by atoms with Crippen molar-refractivity contribution in [1.29, 1.82) is 0 Å². The molecular weight excluding hydrogens is 305 g/mol. The molecule has 0 aromatic heterocycles. The van der Waals surface area contributed by atoms with Gasteiger partial charge in [-0.1, -0.05) is 35.3 Å². The summed E-state index contributed by atoms with van der Waals surface area (Å²) in [5.41, 5.74) is 2.08. The van der Waals surface area contributed by atoms with E-state index >= 15 is 0 Å². The Labute approximate surface area is 135 Å². The summed E-state index contributed by atoms with van der Waals surface area (Å²) in [5, 5.41) is 4.78. The average molecular weight is 322 g/mol. The molecule has 3 rings (SSSR count). The molecule has 0 radical (unpaired) electrons. The largest absolute Gasteiger partial charge is 0.455 e. The van der Waals surface area contributed by atoms with Crippen LogP contribution in [0.5, 0.6) is 11.5 Å². The maximum atomic E-state index is 6.32. The van der Waals surface area contributed by atoms with Gasteiger partial charge in [-0.05, 0) is 49.6 Å². The molecule has 2 aromatic carbocycles. The first-order valence-corrected chi connectivity index (χ1v) is 7.84. The van der Waals surface area contributed by atoms with Crippen molar-refractivity contribution >= 4 is 23.2 Å². The van der Waals surface area contributed by atoms with Crippen molar-refractivity contribution < 1.29 is 4.74 Å². The van der Waals surface area contributed by atoms with Crippen LogP contribution in [0.25, 0.3) is 0 Å². The number of nitrogens with one attached hydrogen (secondary N) is 1. The Kier molecular flexibility index (Phi) is 4.39. The molecule has 1 saturated carbocycles. The molecule has 110 valence electrons. The lowest BCUT2D eigenvalue weighted by molar-refractivity contribution is 0.472. The van der Waals surface area contributed by atoms with Gasteiger partial charge in [-0.25, -0.2) is 0 Å². The second kappa shape index (κ2) is 6.27. The van der Waals surface area contributed by atoms with Crippen LogP contribution in [0.1, 0.15) is 24.0 Å². The van der Waals surface area contributed by atoms with Crippen molar-refractivity contribution in [3.05, 3.63) is 57.6 Å². The first-order chi connectivity index (χ1) is 10.1. The van der Waals surface area contributed by atoms with E-state index in [4.69, 9.17) is 27.9 Å². The number of hydrogen-bond acceptors (Lipinski definition) is 2. The second-order valence-electron chi connectivity index (χ2n) is 5.41. The molecule has 0 spiro atoms. The molecule has 1 N–H and O–H groups in total. The molecule has 0 bridgehead atoms. The van der Waals surface area contributed by atoms with Gasteiger partial charge < -0.3 is 10.1 Å². The predicted molar refractivity (Wildman–Crippen MR) is 87.6 cm³/mol. The van der Waals surface area contributed by atoms with E-state index in [2.05, 4.69) is 5.32 Å². The van der Waals surface area contributed by atoms with Gasteiger partial charge in [-0.15, -0.1) is 0 Å². The van der Waals surface area contributed by atoms with Crippen molar-refractivity contribution in [2.45, 2.75) is 32.4 Å². The lowest BCUT2D eigenvalue weighted by Gasteiger charge is -2.14. The lowest BCUT2D eigenvalue weighted by atomic mass is 10.2. The third-order valence-electron chi connectivity index (χ3n) is 3.53. The molecule has 1 aliphatic carbocycles. The third kappa shape index (κ3) is 3.70. The van der Waals surface area contributed by atoms with Crippen molar-refractivity contribution in [1.82, 2.24) is 5.32 Å². The van der Waals surface area contributed by atoms with Gasteiger partial charge in [-0.2, -0.15) is 0 Å². The van der Waals surface area contributed by atoms with Crippen LogP contribution in [0.15, 0.2) is 36.4 Å². The maximum Gasteiger partial charge on any atom is 0.146 e. The molecule has 4 heteroatoms. The fourth-order valence-corrected chi connectivity index (χ4v) is 2.54. The van der Waals surface area contributed by atoms with Gasteiger partial charge in [0.2, 0.25) is 0 Å². The van der Waals surface area contributed by atoms with E-state index in [9.17, 15) is 0 Å². The Bertz CT molecular complexity index is 653. The van der Waals surface area contributed by atoms with Crippen LogP contribution < -0.4 is 10.1 Å². The highest BCUT2D eigenvalue weighted by Crippen LogP contribution is 2.35. The molecule has 0 heterocycles. The van der Waals surface area contributed by atoms with Crippen LogP contribution in [0.2, 0.25) is 10.0 Å². The standard InChI is InChI=1S/C17H17Cl2NO/c1-11-5-8-15(19)17(9-11)21-16-4-2-3-14(18)13(16)10-20-12-6-7-12/h2-5,8-9,12,20H,6-7,10H2,1H3. The SMILES string of the molecule is Cc1ccc(Cl)c(Oc2cccc(Cl)c2CNC2CC2)c1. The fraction of sp³-hybridized carbons (Fsp3) is 0.294. The molecule has 1 fully saturated rings. The summed E-state index contributed by atoms with van der Waals surface area (Å²) in [5.74, 6) is 1.41. The van der Waals surface area contributed by atoms with Crippen LogP contribution >= 0.6 is 23.2 Å². The zero-order valence-corrected chi connectivity index (χ0v) is 13.3. The van der Waals surface area contributed by atoms with E-state index in [1.54, 1.807) is 0 Å². The molecule has 0 unspecified atom stereocenters. The fourth-order valence-electron chi connectivity index (χ4n) is 2.15. The van der Waals surface area contributed by atoms with Crippen LogP contribution in [0.4, 0.5) is 0 Å². The quantitative estimate of drug-likeness (QED) is 0.801. The summed E-state index contributed by atoms with van der Waals surface area (Å²) < 4.78 is 6.00. The first kappa shape index (κ1) is 14.7. The van der Waals surface area contributed by atoms with Crippen molar-refractivity contribution in [2.24, 2.45) is 0 Å². The van der Waals surface area contributed by atoms with Gasteiger partial charge in [0.25, 0.3) is 0 Å². The Balaban J connectivity index is 1.86. The number of hydrogen-bond donors (Lipinski definition) is 1. The zero-order valence-electron chi connectivity index (χ0n) is 11.8. The lowest BCUT2D eigenvalue weighted by Crippen LogP contribution is -2.16. The zero-order chi connectivity index (χ0) is 14.8. The van der Waals surface area contributed by atoms with Gasteiger partial charge in [0.1, 0.15) is 11.5 Å². The highest BCUT2D eigenvalue weighted by Gasteiger charge is 2.21. The smallest absolute Gasteiger partial charge is 0.146 e. The minimum atomic E-state index is 0.599. The summed E-state index contributed by atoms with van der Waals surface area (Å²) in [6.45, 7) is 2.72. The first-order valence-electron chi connectivity index (χ1n) is 7.08. The molecule has 0 aliphatic heterocycles. The minimum absolute atomic E-state index is 0.599.